The molecule has 0 aliphatic rings. The number of H-pyrrole nitrogens is 1. The van der Waals surface area contributed by atoms with Gasteiger partial charge >= 0.3 is 0 Å². The van der Waals surface area contributed by atoms with Gasteiger partial charge in [-0.25, -0.2) is 0 Å². The van der Waals surface area contributed by atoms with Crippen LogP contribution in [0.15, 0.2) is 24.3 Å². The number of nitrogens with zero attached hydrogens (tertiary/aromatic N) is 4. The maximum atomic E-state index is 3.91. The van der Waals surface area contributed by atoms with Gasteiger partial charge in [-0.2, -0.15) is 0 Å². The van der Waals surface area contributed by atoms with Gasteiger partial charge in [0.2, 0.25) is 0 Å². The van der Waals surface area contributed by atoms with Gasteiger partial charge in [0.25, 0.3) is 0 Å². The molecule has 0 aliphatic heterocycles. The highest BCUT2D eigenvalue weighted by Crippen LogP contribution is 2.19. The van der Waals surface area contributed by atoms with Crippen LogP contribution in [0.1, 0.15) is 0 Å². The number of fused-ring (bicyclic) bond motifs is 3. The molecule has 2 aromatic heterocycles. The number of para-hydroxylation sites is 1. The molecule has 1 aromatic carbocycles. The lowest BCUT2D eigenvalue weighted by Gasteiger charge is -1.84. The predicted octanol–water partition coefficient (Wildman–Crippen LogP) is 0.901. The second-order valence-electron chi connectivity index (χ2n) is 2.75. The van der Waals surface area contributed by atoms with E-state index in [4.69, 9.17) is 0 Å². The number of rotatable bonds is 0. The summed E-state index contributed by atoms with van der Waals surface area (Å²) in [4.78, 5) is 3.10. The fraction of sp³-hybridized carbons (Fsp3) is 0. The molecule has 0 unspecified atom stereocenters. The maximum absolute atomic E-state index is 3.91. The SMILES string of the molecule is c1ccc2c(c1)[nH]c1nnnnc12. The summed E-state index contributed by atoms with van der Waals surface area (Å²) in [7, 11) is 0. The van der Waals surface area contributed by atoms with Gasteiger partial charge in [-0.15, -0.1) is 10.2 Å². The Morgan fingerprint density at radius 1 is 1.00 bits per heavy atom. The van der Waals surface area contributed by atoms with Crippen molar-refractivity contribution in [2.24, 2.45) is 0 Å². The molecule has 5 nitrogen and oxygen atoms in total. The van der Waals surface area contributed by atoms with E-state index in [1.54, 1.807) is 0 Å². The van der Waals surface area contributed by atoms with Crippen LogP contribution >= 0.6 is 0 Å². The molecule has 3 aromatic rings. The van der Waals surface area contributed by atoms with Crippen molar-refractivity contribution < 1.29 is 0 Å². The molecule has 0 radical (unpaired) electrons. The molecule has 13 heavy (non-hydrogen) atoms. The average Bonchev–Trinajstić information content (AvgIpc) is 2.56. The third-order valence-electron chi connectivity index (χ3n) is 1.99. The minimum absolute atomic E-state index is 0.677. The van der Waals surface area contributed by atoms with Crippen molar-refractivity contribution in [3.63, 3.8) is 0 Å². The van der Waals surface area contributed by atoms with E-state index in [0.717, 1.165) is 16.4 Å². The fourth-order valence-corrected chi connectivity index (χ4v) is 1.42. The summed E-state index contributed by atoms with van der Waals surface area (Å²) in [6, 6.07) is 7.86. The molecule has 0 fully saturated rings. The number of benzene rings is 1. The van der Waals surface area contributed by atoms with Gasteiger partial charge in [-0.1, -0.05) is 18.2 Å². The van der Waals surface area contributed by atoms with Crippen molar-refractivity contribution in [3.8, 4) is 0 Å². The summed E-state index contributed by atoms with van der Waals surface area (Å²) < 4.78 is 0. The van der Waals surface area contributed by atoms with Crippen LogP contribution in [0.2, 0.25) is 0 Å². The Labute approximate surface area is 72.8 Å². The van der Waals surface area contributed by atoms with Crippen LogP contribution in [0.3, 0.4) is 0 Å². The number of hydrogen-bond donors (Lipinski definition) is 1. The summed E-state index contributed by atoms with van der Waals surface area (Å²) >= 11 is 0. The summed E-state index contributed by atoms with van der Waals surface area (Å²) in [6.45, 7) is 0. The van der Waals surface area contributed by atoms with Gasteiger partial charge in [-0.05, 0) is 16.5 Å². The van der Waals surface area contributed by atoms with E-state index >= 15 is 0 Å². The Kier molecular flexibility index (Phi) is 1.11. The Morgan fingerprint density at radius 2 is 1.85 bits per heavy atom. The quantitative estimate of drug-likeness (QED) is 0.545. The summed E-state index contributed by atoms with van der Waals surface area (Å²) in [5.41, 5.74) is 2.45. The van der Waals surface area contributed by atoms with Gasteiger partial charge in [0.15, 0.2) is 5.65 Å². The Bertz CT molecular complexity index is 520. The van der Waals surface area contributed by atoms with Crippen LogP contribution in [0.5, 0.6) is 0 Å². The topological polar surface area (TPSA) is 67.3 Å². The first-order chi connectivity index (χ1) is 6.45. The van der Waals surface area contributed by atoms with E-state index in [0.29, 0.717) is 5.65 Å². The molecule has 0 spiro atoms. The zero-order chi connectivity index (χ0) is 8.67. The summed E-state index contributed by atoms with van der Waals surface area (Å²) in [6.07, 6.45) is 0. The molecule has 0 bridgehead atoms. The smallest absolute Gasteiger partial charge is 0.183 e. The van der Waals surface area contributed by atoms with E-state index in [-0.39, 0.29) is 0 Å². The van der Waals surface area contributed by atoms with Crippen LogP contribution in [-0.4, -0.2) is 25.6 Å². The zero-order valence-electron chi connectivity index (χ0n) is 6.60. The first kappa shape index (κ1) is 6.47. The largest absolute Gasteiger partial charge is 0.336 e. The second kappa shape index (κ2) is 2.22. The first-order valence-electron chi connectivity index (χ1n) is 3.87. The molecule has 0 amide bonds. The lowest BCUT2D eigenvalue weighted by molar-refractivity contribution is 0.795. The van der Waals surface area contributed by atoms with Crippen molar-refractivity contribution in [1.29, 1.82) is 0 Å². The highest BCUT2D eigenvalue weighted by Gasteiger charge is 2.04. The van der Waals surface area contributed by atoms with Gasteiger partial charge in [0.1, 0.15) is 5.52 Å². The normalized spacial score (nSPS) is 11.1. The zero-order valence-corrected chi connectivity index (χ0v) is 6.60. The number of nitrogens with one attached hydrogen (secondary N) is 1. The first-order valence-corrected chi connectivity index (χ1v) is 3.87. The third kappa shape index (κ3) is 0.807. The van der Waals surface area contributed by atoms with E-state index in [1.807, 2.05) is 24.3 Å². The molecule has 0 atom stereocenters. The number of hydrogen-bond acceptors (Lipinski definition) is 4. The average molecular weight is 171 g/mol. The van der Waals surface area contributed by atoms with Crippen molar-refractivity contribution in [1.82, 2.24) is 25.6 Å². The lowest BCUT2D eigenvalue weighted by Crippen LogP contribution is -1.89. The molecule has 0 aliphatic carbocycles. The van der Waals surface area contributed by atoms with E-state index < -0.39 is 0 Å². The second-order valence-corrected chi connectivity index (χ2v) is 2.75. The van der Waals surface area contributed by atoms with Crippen LogP contribution in [0, 0.1) is 0 Å². The van der Waals surface area contributed by atoms with Crippen LogP contribution < -0.4 is 0 Å². The molecular formula is C8H5N5. The molecule has 3 rings (SSSR count). The van der Waals surface area contributed by atoms with Gasteiger partial charge in [0, 0.05) is 10.9 Å². The minimum Gasteiger partial charge on any atom is -0.336 e. The minimum atomic E-state index is 0.677. The monoisotopic (exact) mass is 171 g/mol. The Balaban J connectivity index is 2.64. The fourth-order valence-electron chi connectivity index (χ4n) is 1.42. The summed E-state index contributed by atoms with van der Waals surface area (Å²) in [5.74, 6) is 0. The van der Waals surface area contributed by atoms with E-state index in [9.17, 15) is 0 Å². The molecule has 62 valence electrons. The van der Waals surface area contributed by atoms with E-state index in [2.05, 4.69) is 25.6 Å². The van der Waals surface area contributed by atoms with Gasteiger partial charge in [-0.3, -0.25) is 0 Å². The molecule has 2 heterocycles. The molecule has 0 saturated heterocycles. The Hall–Kier alpha value is -2.04. The number of aromatic amines is 1. The third-order valence-corrected chi connectivity index (χ3v) is 1.99. The summed E-state index contributed by atoms with van der Waals surface area (Å²) in [5, 5.41) is 15.8. The highest BCUT2D eigenvalue weighted by atomic mass is 15.4. The Morgan fingerprint density at radius 3 is 2.85 bits per heavy atom. The number of aromatic nitrogens is 5. The molecular weight excluding hydrogens is 166 g/mol. The van der Waals surface area contributed by atoms with Crippen LogP contribution in [0.4, 0.5) is 0 Å². The van der Waals surface area contributed by atoms with Crippen molar-refractivity contribution in [3.05, 3.63) is 24.3 Å². The van der Waals surface area contributed by atoms with Crippen molar-refractivity contribution in [2.45, 2.75) is 0 Å². The van der Waals surface area contributed by atoms with Crippen molar-refractivity contribution >= 4 is 22.1 Å². The lowest BCUT2D eigenvalue weighted by atomic mass is 10.2. The molecule has 5 heteroatoms. The van der Waals surface area contributed by atoms with Crippen LogP contribution in [-0.2, 0) is 0 Å². The van der Waals surface area contributed by atoms with Gasteiger partial charge in [0.05, 0.1) is 0 Å². The predicted molar refractivity (Wildman–Crippen MR) is 47.0 cm³/mol. The molecule has 1 N–H and O–H groups in total. The van der Waals surface area contributed by atoms with Gasteiger partial charge < -0.3 is 4.98 Å². The molecule has 0 saturated carbocycles. The van der Waals surface area contributed by atoms with Crippen molar-refractivity contribution in [2.75, 3.05) is 0 Å². The maximum Gasteiger partial charge on any atom is 0.183 e. The van der Waals surface area contributed by atoms with E-state index in [1.165, 1.54) is 0 Å². The highest BCUT2D eigenvalue weighted by molar-refractivity contribution is 6.02. The van der Waals surface area contributed by atoms with Crippen LogP contribution in [0.25, 0.3) is 22.1 Å². The standard InChI is InChI=1S/C8H5N5/c1-2-4-6-5(3-1)7-8(9-6)11-13-12-10-7/h1-4H,(H,9,11,12).